The van der Waals surface area contributed by atoms with Crippen LogP contribution in [0.2, 0.25) is 0 Å². The van der Waals surface area contributed by atoms with Crippen molar-refractivity contribution in [1.82, 2.24) is 4.90 Å². The molecule has 0 spiro atoms. The number of morpholine rings is 1. The molecule has 8 heteroatoms. The zero-order valence-corrected chi connectivity index (χ0v) is 13.3. The predicted molar refractivity (Wildman–Crippen MR) is 79.2 cm³/mol. The lowest BCUT2D eigenvalue weighted by Crippen LogP contribution is -2.42. The maximum Gasteiger partial charge on any atom is 0.409 e. The van der Waals surface area contributed by atoms with Gasteiger partial charge in [0.05, 0.1) is 26.0 Å². The van der Waals surface area contributed by atoms with Gasteiger partial charge in [-0.15, -0.1) is 0 Å². The molecule has 122 valence electrons. The topological polar surface area (TPSA) is 82.1 Å². The van der Waals surface area contributed by atoms with Gasteiger partial charge in [-0.1, -0.05) is 12.1 Å². The zero-order valence-electron chi connectivity index (χ0n) is 12.5. The first-order valence-electron chi connectivity index (χ1n) is 6.92. The van der Waals surface area contributed by atoms with Crippen LogP contribution in [0.15, 0.2) is 24.3 Å². The van der Waals surface area contributed by atoms with Crippen molar-refractivity contribution in [2.75, 3.05) is 32.6 Å². The van der Waals surface area contributed by atoms with E-state index in [1.807, 2.05) is 0 Å². The number of amides is 1. The number of ether oxygens (including phenoxy) is 2. The molecule has 0 bridgehead atoms. The second kappa shape index (κ2) is 6.97. The molecule has 1 heterocycles. The van der Waals surface area contributed by atoms with Crippen LogP contribution in [0, 0.1) is 0 Å². The number of benzene rings is 1. The fraction of sp³-hybridized carbons (Fsp3) is 0.500. The van der Waals surface area contributed by atoms with Crippen LogP contribution in [-0.4, -0.2) is 52.0 Å². The summed E-state index contributed by atoms with van der Waals surface area (Å²) in [4.78, 5) is 13.3. The maximum atomic E-state index is 11.7. The third-order valence-electron chi connectivity index (χ3n) is 3.09. The quantitative estimate of drug-likeness (QED) is 0.780. The molecule has 0 unspecified atom stereocenters. The van der Waals surface area contributed by atoms with Crippen LogP contribution in [0.1, 0.15) is 18.6 Å². The van der Waals surface area contributed by atoms with Gasteiger partial charge in [-0.3, -0.25) is 0 Å². The lowest BCUT2D eigenvalue weighted by molar-refractivity contribution is -0.0279. The monoisotopic (exact) mass is 329 g/mol. The third kappa shape index (κ3) is 4.60. The van der Waals surface area contributed by atoms with Gasteiger partial charge in [0.2, 0.25) is 0 Å². The van der Waals surface area contributed by atoms with Crippen molar-refractivity contribution in [1.29, 1.82) is 0 Å². The van der Waals surface area contributed by atoms with Crippen LogP contribution in [0.4, 0.5) is 4.79 Å². The van der Waals surface area contributed by atoms with E-state index in [1.54, 1.807) is 36.1 Å². The molecule has 7 nitrogen and oxygen atoms in total. The Morgan fingerprint density at radius 2 is 2.05 bits per heavy atom. The number of hydrogen-bond acceptors (Lipinski definition) is 6. The van der Waals surface area contributed by atoms with E-state index in [9.17, 15) is 13.2 Å². The summed E-state index contributed by atoms with van der Waals surface area (Å²) in [5.41, 5.74) is 0.842. The van der Waals surface area contributed by atoms with E-state index in [0.29, 0.717) is 26.3 Å². The van der Waals surface area contributed by atoms with Gasteiger partial charge in [-0.25, -0.2) is 4.79 Å². The highest BCUT2D eigenvalue weighted by Crippen LogP contribution is 2.25. The number of nitrogens with zero attached hydrogens (tertiary/aromatic N) is 1. The Morgan fingerprint density at radius 1 is 1.36 bits per heavy atom. The summed E-state index contributed by atoms with van der Waals surface area (Å²) in [7, 11) is -3.54. The number of rotatable bonds is 4. The SMILES string of the molecule is CCOC(=O)N1CCO[C@@H](c2ccc(OS(C)(=O)=O)cc2)C1. The van der Waals surface area contributed by atoms with Crippen LogP contribution in [0.5, 0.6) is 5.75 Å². The van der Waals surface area contributed by atoms with Gasteiger partial charge in [0, 0.05) is 6.54 Å². The van der Waals surface area contributed by atoms with E-state index >= 15 is 0 Å². The Morgan fingerprint density at radius 3 is 2.64 bits per heavy atom. The highest BCUT2D eigenvalue weighted by molar-refractivity contribution is 7.86. The average molecular weight is 329 g/mol. The fourth-order valence-corrected chi connectivity index (χ4v) is 2.61. The van der Waals surface area contributed by atoms with Crippen molar-refractivity contribution >= 4 is 16.2 Å². The molecular formula is C14H19NO6S. The van der Waals surface area contributed by atoms with Gasteiger partial charge in [0.15, 0.2) is 0 Å². The number of carbonyl (C=O) groups is 1. The first kappa shape index (κ1) is 16.6. The van der Waals surface area contributed by atoms with E-state index in [1.165, 1.54) is 0 Å². The van der Waals surface area contributed by atoms with Crippen molar-refractivity contribution < 1.29 is 26.9 Å². The molecule has 22 heavy (non-hydrogen) atoms. The molecule has 0 radical (unpaired) electrons. The standard InChI is InChI=1S/C14H19NO6S/c1-3-19-14(16)15-8-9-20-13(10-15)11-4-6-12(7-5-11)21-22(2,17)18/h4-7,13H,3,8-10H2,1-2H3/t13-/m1/s1. The second-order valence-electron chi connectivity index (χ2n) is 4.86. The van der Waals surface area contributed by atoms with Crippen molar-refractivity contribution in [2.24, 2.45) is 0 Å². The molecule has 0 saturated carbocycles. The molecule has 0 aliphatic carbocycles. The summed E-state index contributed by atoms with van der Waals surface area (Å²) in [5.74, 6) is 0.240. The van der Waals surface area contributed by atoms with Gasteiger partial charge >= 0.3 is 16.2 Å². The van der Waals surface area contributed by atoms with E-state index in [0.717, 1.165) is 11.8 Å². The summed E-state index contributed by atoms with van der Waals surface area (Å²) in [5, 5.41) is 0. The second-order valence-corrected chi connectivity index (χ2v) is 6.44. The molecule has 1 fully saturated rings. The van der Waals surface area contributed by atoms with Crippen molar-refractivity contribution in [3.63, 3.8) is 0 Å². The molecule has 2 rings (SSSR count). The molecule has 1 aromatic rings. The van der Waals surface area contributed by atoms with Gasteiger partial charge in [0.1, 0.15) is 11.9 Å². The van der Waals surface area contributed by atoms with Crippen LogP contribution in [0.3, 0.4) is 0 Å². The molecule has 1 saturated heterocycles. The summed E-state index contributed by atoms with van der Waals surface area (Å²) in [6, 6.07) is 6.56. The third-order valence-corrected chi connectivity index (χ3v) is 3.59. The summed E-state index contributed by atoms with van der Waals surface area (Å²) < 4.78 is 37.5. The summed E-state index contributed by atoms with van der Waals surface area (Å²) in [6.45, 7) is 3.40. The van der Waals surface area contributed by atoms with Crippen molar-refractivity contribution in [2.45, 2.75) is 13.0 Å². The zero-order chi connectivity index (χ0) is 16.2. The van der Waals surface area contributed by atoms with E-state index in [2.05, 4.69) is 0 Å². The maximum absolute atomic E-state index is 11.7. The number of carbonyl (C=O) groups excluding carboxylic acids is 1. The van der Waals surface area contributed by atoms with Crippen LogP contribution < -0.4 is 4.18 Å². The van der Waals surface area contributed by atoms with Crippen molar-refractivity contribution in [3.8, 4) is 5.75 Å². The van der Waals surface area contributed by atoms with E-state index in [-0.39, 0.29) is 17.9 Å². The molecule has 1 aliphatic rings. The molecule has 1 atom stereocenters. The first-order valence-corrected chi connectivity index (χ1v) is 8.73. The Hall–Kier alpha value is -1.80. The first-order chi connectivity index (χ1) is 10.4. The fourth-order valence-electron chi connectivity index (χ4n) is 2.14. The largest absolute Gasteiger partial charge is 0.450 e. The van der Waals surface area contributed by atoms with E-state index < -0.39 is 10.1 Å². The molecule has 1 aromatic carbocycles. The highest BCUT2D eigenvalue weighted by Gasteiger charge is 2.26. The summed E-state index contributed by atoms with van der Waals surface area (Å²) >= 11 is 0. The predicted octanol–water partition coefficient (Wildman–Crippen LogP) is 1.55. The molecular weight excluding hydrogens is 310 g/mol. The minimum absolute atomic E-state index is 0.240. The van der Waals surface area contributed by atoms with Gasteiger partial charge in [0.25, 0.3) is 0 Å². The Kier molecular flexibility index (Phi) is 5.25. The van der Waals surface area contributed by atoms with Crippen LogP contribution in [-0.2, 0) is 19.6 Å². The van der Waals surface area contributed by atoms with Gasteiger partial charge in [-0.2, -0.15) is 8.42 Å². The molecule has 0 N–H and O–H groups in total. The number of hydrogen-bond donors (Lipinski definition) is 0. The van der Waals surface area contributed by atoms with Gasteiger partial charge < -0.3 is 18.6 Å². The van der Waals surface area contributed by atoms with Crippen molar-refractivity contribution in [3.05, 3.63) is 29.8 Å². The normalized spacial score (nSPS) is 18.8. The summed E-state index contributed by atoms with van der Waals surface area (Å²) in [6.07, 6.45) is 0.362. The minimum Gasteiger partial charge on any atom is -0.450 e. The van der Waals surface area contributed by atoms with Crippen LogP contribution >= 0.6 is 0 Å². The molecule has 1 amide bonds. The van der Waals surface area contributed by atoms with E-state index in [4.69, 9.17) is 13.7 Å². The minimum atomic E-state index is -3.54. The Bertz CT molecular complexity index is 613. The lowest BCUT2D eigenvalue weighted by atomic mass is 10.1. The lowest BCUT2D eigenvalue weighted by Gasteiger charge is -2.32. The molecule has 0 aromatic heterocycles. The Labute approximate surface area is 129 Å². The van der Waals surface area contributed by atoms with Crippen LogP contribution in [0.25, 0.3) is 0 Å². The Balaban J connectivity index is 2.03. The van der Waals surface area contributed by atoms with Gasteiger partial charge in [-0.05, 0) is 24.6 Å². The molecule has 1 aliphatic heterocycles. The average Bonchev–Trinajstić information content (AvgIpc) is 2.47. The smallest absolute Gasteiger partial charge is 0.409 e. The highest BCUT2D eigenvalue weighted by atomic mass is 32.2.